The van der Waals surface area contributed by atoms with Crippen LogP contribution in [0.2, 0.25) is 0 Å². The summed E-state index contributed by atoms with van der Waals surface area (Å²) in [6.07, 6.45) is 1.20. The van der Waals surface area contributed by atoms with Gasteiger partial charge in [0.05, 0.1) is 6.61 Å². The van der Waals surface area contributed by atoms with Gasteiger partial charge in [0.15, 0.2) is 0 Å². The highest BCUT2D eigenvalue weighted by Crippen LogP contribution is 2.17. The predicted octanol–water partition coefficient (Wildman–Crippen LogP) is 1.23. The fraction of sp³-hybridized carbons (Fsp3) is 0.786. The highest BCUT2D eigenvalue weighted by atomic mass is 16.5. The minimum atomic E-state index is 0.398. The van der Waals surface area contributed by atoms with Crippen LogP contribution >= 0.6 is 0 Å². The van der Waals surface area contributed by atoms with Crippen LogP contribution in [0.1, 0.15) is 27.2 Å². The topological polar surface area (TPSA) is 66.4 Å². The molecule has 1 aromatic heterocycles. The number of ether oxygens (including phenoxy) is 1. The Hall–Kier alpha value is -1.63. The summed E-state index contributed by atoms with van der Waals surface area (Å²) in [7, 11) is 0. The van der Waals surface area contributed by atoms with Crippen LogP contribution in [0.25, 0.3) is 0 Å². The minimum absolute atomic E-state index is 0.398. The maximum atomic E-state index is 5.44. The molecule has 0 unspecified atom stereocenters. The van der Waals surface area contributed by atoms with Crippen molar-refractivity contribution in [1.29, 1.82) is 0 Å². The summed E-state index contributed by atoms with van der Waals surface area (Å²) in [6.45, 7) is 12.7. The number of anilines is 2. The van der Waals surface area contributed by atoms with Gasteiger partial charge in [-0.3, -0.25) is 4.90 Å². The summed E-state index contributed by atoms with van der Waals surface area (Å²) in [6, 6.07) is 0.398. The van der Waals surface area contributed by atoms with Gasteiger partial charge < -0.3 is 15.0 Å². The molecule has 1 N–H and O–H groups in total. The van der Waals surface area contributed by atoms with Gasteiger partial charge in [0.25, 0.3) is 0 Å². The highest BCUT2D eigenvalue weighted by molar-refractivity contribution is 5.38. The number of rotatable bonds is 7. The average molecular weight is 294 g/mol. The predicted molar refractivity (Wildman–Crippen MR) is 84.1 cm³/mol. The molecule has 7 heteroatoms. The average Bonchev–Trinajstić information content (AvgIpc) is 2.49. The second-order valence-electron chi connectivity index (χ2n) is 5.03. The molecule has 118 valence electrons. The molecule has 1 aliphatic heterocycles. The number of aromatic nitrogens is 3. The summed E-state index contributed by atoms with van der Waals surface area (Å²) in [5.74, 6) is 1.29. The molecular formula is C14H26N6O. The number of piperazine rings is 1. The molecule has 1 fully saturated rings. The summed E-state index contributed by atoms with van der Waals surface area (Å²) in [4.78, 5) is 17.9. The van der Waals surface area contributed by atoms with E-state index in [4.69, 9.17) is 4.74 Å². The van der Waals surface area contributed by atoms with Crippen molar-refractivity contribution in [3.8, 4) is 6.01 Å². The van der Waals surface area contributed by atoms with Crippen molar-refractivity contribution >= 4 is 11.9 Å². The second kappa shape index (κ2) is 7.97. The van der Waals surface area contributed by atoms with Crippen molar-refractivity contribution in [2.75, 3.05) is 56.1 Å². The Labute approximate surface area is 126 Å². The normalized spacial score (nSPS) is 16.0. The molecule has 2 heterocycles. The second-order valence-corrected chi connectivity index (χ2v) is 5.03. The Morgan fingerprint density at radius 3 is 2.43 bits per heavy atom. The Bertz CT molecular complexity index is 409. The fourth-order valence-corrected chi connectivity index (χ4v) is 2.41. The molecule has 7 nitrogen and oxygen atoms in total. The Morgan fingerprint density at radius 1 is 1.05 bits per heavy atom. The largest absolute Gasteiger partial charge is 0.464 e. The van der Waals surface area contributed by atoms with Gasteiger partial charge in [-0.1, -0.05) is 6.92 Å². The zero-order valence-corrected chi connectivity index (χ0v) is 13.3. The van der Waals surface area contributed by atoms with E-state index in [1.165, 1.54) is 6.42 Å². The summed E-state index contributed by atoms with van der Waals surface area (Å²) in [5.41, 5.74) is 0. The zero-order valence-electron chi connectivity index (χ0n) is 13.3. The Kier molecular flexibility index (Phi) is 5.98. The molecule has 0 radical (unpaired) electrons. The van der Waals surface area contributed by atoms with E-state index in [9.17, 15) is 0 Å². The van der Waals surface area contributed by atoms with E-state index in [1.54, 1.807) is 0 Å². The lowest BCUT2D eigenvalue weighted by Crippen LogP contribution is -2.47. The van der Waals surface area contributed by atoms with Crippen LogP contribution in [-0.4, -0.2) is 65.7 Å². The van der Waals surface area contributed by atoms with Crippen LogP contribution in [0.3, 0.4) is 0 Å². The molecule has 1 aliphatic rings. The molecule has 1 aromatic rings. The van der Waals surface area contributed by atoms with Gasteiger partial charge in [-0.05, 0) is 26.8 Å². The number of hydrogen-bond donors (Lipinski definition) is 1. The van der Waals surface area contributed by atoms with Crippen LogP contribution in [-0.2, 0) is 0 Å². The van der Waals surface area contributed by atoms with Crippen LogP contribution < -0.4 is 15.0 Å². The first-order chi connectivity index (χ1) is 10.3. The Balaban J connectivity index is 2.07. The third-order valence-electron chi connectivity index (χ3n) is 3.41. The number of nitrogens with one attached hydrogen (secondary N) is 1. The van der Waals surface area contributed by atoms with Crippen LogP contribution in [0.15, 0.2) is 0 Å². The molecule has 21 heavy (non-hydrogen) atoms. The van der Waals surface area contributed by atoms with E-state index < -0.39 is 0 Å². The summed E-state index contributed by atoms with van der Waals surface area (Å²) >= 11 is 0. The van der Waals surface area contributed by atoms with Crippen molar-refractivity contribution in [1.82, 2.24) is 19.9 Å². The van der Waals surface area contributed by atoms with Crippen LogP contribution in [0, 0.1) is 0 Å². The first kappa shape index (κ1) is 15.8. The van der Waals surface area contributed by atoms with E-state index in [1.807, 2.05) is 13.8 Å². The van der Waals surface area contributed by atoms with E-state index in [2.05, 4.69) is 37.0 Å². The summed E-state index contributed by atoms with van der Waals surface area (Å²) in [5, 5.41) is 3.14. The van der Waals surface area contributed by atoms with Gasteiger partial charge >= 0.3 is 6.01 Å². The van der Waals surface area contributed by atoms with Crippen molar-refractivity contribution in [3.05, 3.63) is 0 Å². The fourth-order valence-electron chi connectivity index (χ4n) is 2.41. The molecule has 0 amide bonds. The van der Waals surface area contributed by atoms with Gasteiger partial charge in [-0.2, -0.15) is 15.0 Å². The van der Waals surface area contributed by atoms with Crippen LogP contribution in [0.4, 0.5) is 11.9 Å². The Morgan fingerprint density at radius 2 is 1.81 bits per heavy atom. The molecule has 0 bridgehead atoms. The maximum absolute atomic E-state index is 5.44. The van der Waals surface area contributed by atoms with Gasteiger partial charge in [0.1, 0.15) is 0 Å². The molecular weight excluding hydrogens is 268 g/mol. The highest BCUT2D eigenvalue weighted by Gasteiger charge is 2.20. The maximum Gasteiger partial charge on any atom is 0.323 e. The first-order valence-corrected chi connectivity index (χ1v) is 7.86. The zero-order chi connectivity index (χ0) is 15.1. The first-order valence-electron chi connectivity index (χ1n) is 7.86. The van der Waals surface area contributed by atoms with Crippen molar-refractivity contribution < 1.29 is 4.74 Å². The van der Waals surface area contributed by atoms with Crippen molar-refractivity contribution in [2.24, 2.45) is 0 Å². The van der Waals surface area contributed by atoms with Crippen molar-refractivity contribution in [2.45, 2.75) is 27.2 Å². The summed E-state index contributed by atoms with van der Waals surface area (Å²) < 4.78 is 5.44. The van der Waals surface area contributed by atoms with Crippen molar-refractivity contribution in [3.63, 3.8) is 0 Å². The third-order valence-corrected chi connectivity index (χ3v) is 3.41. The quantitative estimate of drug-likeness (QED) is 0.811. The van der Waals surface area contributed by atoms with Gasteiger partial charge in [0, 0.05) is 32.7 Å². The molecule has 0 aliphatic carbocycles. The molecule has 0 saturated carbocycles. The smallest absolute Gasteiger partial charge is 0.323 e. The van der Waals surface area contributed by atoms with Crippen LogP contribution in [0.5, 0.6) is 6.01 Å². The third kappa shape index (κ3) is 4.42. The monoisotopic (exact) mass is 294 g/mol. The minimum Gasteiger partial charge on any atom is -0.464 e. The lowest BCUT2D eigenvalue weighted by atomic mass is 10.3. The standard InChI is InChI=1S/C14H26N6O/c1-4-7-19-8-10-20(11-9-19)13-16-12(15-5-2)17-14(18-13)21-6-3/h4-11H2,1-3H3,(H,15,16,17,18). The SMILES string of the molecule is CCCN1CCN(c2nc(NCC)nc(OCC)n2)CC1. The number of hydrogen-bond acceptors (Lipinski definition) is 7. The molecule has 0 aromatic carbocycles. The van der Waals surface area contributed by atoms with Gasteiger partial charge in [0.2, 0.25) is 11.9 Å². The van der Waals surface area contributed by atoms with E-state index in [-0.39, 0.29) is 0 Å². The van der Waals surface area contributed by atoms with Gasteiger partial charge in [-0.15, -0.1) is 0 Å². The van der Waals surface area contributed by atoms with E-state index >= 15 is 0 Å². The molecule has 2 rings (SSSR count). The molecule has 0 spiro atoms. The van der Waals surface area contributed by atoms with E-state index in [0.29, 0.717) is 24.5 Å². The van der Waals surface area contributed by atoms with Gasteiger partial charge in [-0.25, -0.2) is 0 Å². The van der Waals surface area contributed by atoms with E-state index in [0.717, 1.165) is 39.3 Å². The molecule has 0 atom stereocenters. The molecule has 1 saturated heterocycles. The lowest BCUT2D eigenvalue weighted by molar-refractivity contribution is 0.256. The number of nitrogens with zero attached hydrogens (tertiary/aromatic N) is 5. The lowest BCUT2D eigenvalue weighted by Gasteiger charge is -2.34.